The molecule has 0 saturated carbocycles. The van der Waals surface area contributed by atoms with Gasteiger partial charge in [0.15, 0.2) is 5.84 Å². The van der Waals surface area contributed by atoms with E-state index in [0.29, 0.717) is 5.84 Å². The standard InChI is InChI=1S/C57H40N4OS/c1-35-16-14-27-47(43-25-12-13-29-52(43)63-35)60(2)57(59-56(58)37-18-4-3-5-19-37)44-26-15-28-51-54(44)46-34-50(41-23-10-11-24-42(41)55(46)62-51)61-48-31-30-36-17-8-9-22-40(36)53(48)45-32-38-20-6-7-21-39(38)33-49(45)61/h3-26,28-34,47,58H,1,27H2,2H3/b16-14-,58-56?,59-57-. The normalized spacial score (nSPS) is 15.1. The summed E-state index contributed by atoms with van der Waals surface area (Å²) in [7, 11) is 2.11. The number of furan rings is 1. The summed E-state index contributed by atoms with van der Waals surface area (Å²) in [6.45, 7) is 4.30. The fourth-order valence-corrected chi connectivity index (χ4v) is 10.7. The summed E-state index contributed by atoms with van der Waals surface area (Å²) >= 11 is 1.69. The minimum Gasteiger partial charge on any atom is -0.455 e. The number of thioether (sulfide) groups is 1. The van der Waals surface area contributed by atoms with Gasteiger partial charge in [-0.3, -0.25) is 5.41 Å². The van der Waals surface area contributed by atoms with E-state index in [1.165, 1.54) is 37.9 Å². The maximum Gasteiger partial charge on any atom is 0.154 e. The van der Waals surface area contributed by atoms with Crippen LogP contribution in [-0.4, -0.2) is 28.2 Å². The number of rotatable bonds is 4. The lowest BCUT2D eigenvalue weighted by Crippen LogP contribution is -2.33. The first-order chi connectivity index (χ1) is 31.0. The van der Waals surface area contributed by atoms with Crippen LogP contribution in [0.1, 0.15) is 29.2 Å². The molecule has 12 rings (SSSR count). The van der Waals surface area contributed by atoms with E-state index in [-0.39, 0.29) is 11.9 Å². The van der Waals surface area contributed by atoms with Crippen molar-refractivity contribution in [1.29, 1.82) is 5.41 Å². The molecule has 0 fully saturated rings. The van der Waals surface area contributed by atoms with E-state index >= 15 is 0 Å². The Labute approximate surface area is 368 Å². The van der Waals surface area contributed by atoms with E-state index in [2.05, 4.69) is 175 Å². The minimum absolute atomic E-state index is 0.0764. The number of aromatic nitrogens is 1. The van der Waals surface area contributed by atoms with Gasteiger partial charge in [0, 0.05) is 60.3 Å². The number of fused-ring (bicyclic) bond motifs is 12. The van der Waals surface area contributed by atoms with Crippen molar-refractivity contribution in [2.45, 2.75) is 17.4 Å². The average Bonchev–Trinajstić information content (AvgIpc) is 3.86. The first kappa shape index (κ1) is 37.1. The number of amidine groups is 2. The summed E-state index contributed by atoms with van der Waals surface area (Å²) in [5.41, 5.74) is 7.79. The molecule has 1 atom stereocenters. The zero-order valence-electron chi connectivity index (χ0n) is 34.5. The molecule has 5 nitrogen and oxygen atoms in total. The maximum atomic E-state index is 9.43. The van der Waals surface area contributed by atoms with Crippen molar-refractivity contribution in [2.24, 2.45) is 4.99 Å². The third-order valence-electron chi connectivity index (χ3n) is 12.7. The Hall–Kier alpha value is -7.67. The van der Waals surface area contributed by atoms with E-state index in [1.807, 2.05) is 36.4 Å². The monoisotopic (exact) mass is 828 g/mol. The first-order valence-electron chi connectivity index (χ1n) is 21.3. The van der Waals surface area contributed by atoms with Gasteiger partial charge >= 0.3 is 0 Å². The molecule has 0 bridgehead atoms. The third kappa shape index (κ3) is 6.01. The molecule has 1 aliphatic rings. The molecule has 0 radical (unpaired) electrons. The molecule has 11 aromatic rings. The first-order valence-corrected chi connectivity index (χ1v) is 22.1. The highest BCUT2D eigenvalue weighted by molar-refractivity contribution is 8.03. The topological polar surface area (TPSA) is 57.5 Å². The number of nitrogens with zero attached hydrogens (tertiary/aromatic N) is 3. The predicted octanol–water partition coefficient (Wildman–Crippen LogP) is 15.2. The zero-order chi connectivity index (χ0) is 42.2. The number of allylic oxidation sites excluding steroid dienone is 1. The van der Waals surface area contributed by atoms with E-state index in [4.69, 9.17) is 9.41 Å². The smallest absolute Gasteiger partial charge is 0.154 e. The summed E-state index contributed by atoms with van der Waals surface area (Å²) in [5.74, 6) is 0.884. The molecule has 1 aliphatic heterocycles. The molecule has 0 amide bonds. The second-order valence-corrected chi connectivity index (χ2v) is 17.5. The summed E-state index contributed by atoms with van der Waals surface area (Å²) in [5, 5.41) is 20.8. The molecule has 1 N–H and O–H groups in total. The maximum absolute atomic E-state index is 9.43. The van der Waals surface area contributed by atoms with Crippen LogP contribution in [0.5, 0.6) is 0 Å². The molecule has 0 saturated heterocycles. The fraction of sp³-hybridized carbons (Fsp3) is 0.0526. The molecule has 6 heteroatoms. The van der Waals surface area contributed by atoms with Crippen molar-refractivity contribution in [3.63, 3.8) is 0 Å². The van der Waals surface area contributed by atoms with Gasteiger partial charge in [-0.15, -0.1) is 0 Å². The Kier molecular flexibility index (Phi) is 8.69. The quantitative estimate of drug-likeness (QED) is 0.142. The van der Waals surface area contributed by atoms with Crippen LogP contribution in [0.15, 0.2) is 214 Å². The largest absolute Gasteiger partial charge is 0.455 e. The number of nitrogens with one attached hydrogen (secondary N) is 1. The molecule has 63 heavy (non-hydrogen) atoms. The lowest BCUT2D eigenvalue weighted by atomic mass is 9.97. The van der Waals surface area contributed by atoms with Crippen molar-refractivity contribution >= 4 is 99.5 Å². The van der Waals surface area contributed by atoms with Gasteiger partial charge in [-0.05, 0) is 69.9 Å². The van der Waals surface area contributed by atoms with Crippen molar-refractivity contribution in [3.8, 4) is 5.69 Å². The van der Waals surface area contributed by atoms with Crippen LogP contribution in [-0.2, 0) is 0 Å². The Morgan fingerprint density at radius 3 is 2.22 bits per heavy atom. The molecular weight excluding hydrogens is 789 g/mol. The summed E-state index contributed by atoms with van der Waals surface area (Å²) in [4.78, 5) is 9.70. The van der Waals surface area contributed by atoms with Crippen LogP contribution in [0, 0.1) is 5.41 Å². The second kappa shape index (κ2) is 14.8. The molecule has 3 heterocycles. The lowest BCUT2D eigenvalue weighted by molar-refractivity contribution is 0.374. The van der Waals surface area contributed by atoms with E-state index in [1.54, 1.807) is 11.8 Å². The number of hydrogen-bond donors (Lipinski definition) is 1. The summed E-state index contributed by atoms with van der Waals surface area (Å²) < 4.78 is 9.44. The second-order valence-electron chi connectivity index (χ2n) is 16.4. The molecule has 0 aliphatic carbocycles. The zero-order valence-corrected chi connectivity index (χ0v) is 35.4. The van der Waals surface area contributed by atoms with Crippen molar-refractivity contribution in [2.75, 3.05) is 7.05 Å². The fourth-order valence-electron chi connectivity index (χ4n) is 9.82. The lowest BCUT2D eigenvalue weighted by Gasteiger charge is -2.33. The van der Waals surface area contributed by atoms with Gasteiger partial charge in [0.05, 0.1) is 22.8 Å². The van der Waals surface area contributed by atoms with Gasteiger partial charge in [0.1, 0.15) is 17.0 Å². The number of benzene rings is 9. The average molecular weight is 829 g/mol. The van der Waals surface area contributed by atoms with Crippen LogP contribution >= 0.6 is 11.8 Å². The number of aliphatic imine (C=N–C) groups is 1. The van der Waals surface area contributed by atoms with Gasteiger partial charge in [-0.25, -0.2) is 4.99 Å². The Morgan fingerprint density at radius 1 is 0.667 bits per heavy atom. The van der Waals surface area contributed by atoms with Gasteiger partial charge in [-0.1, -0.05) is 170 Å². The summed E-state index contributed by atoms with van der Waals surface area (Å²) in [6, 6.07) is 62.1. The van der Waals surface area contributed by atoms with E-state index in [0.717, 1.165) is 76.8 Å². The predicted molar refractivity (Wildman–Crippen MR) is 266 cm³/mol. The van der Waals surface area contributed by atoms with E-state index < -0.39 is 0 Å². The van der Waals surface area contributed by atoms with Crippen molar-refractivity contribution in [3.05, 3.63) is 216 Å². The Morgan fingerprint density at radius 2 is 1.38 bits per heavy atom. The molecular formula is C57H40N4OS. The Bertz CT molecular complexity index is 3760. The highest BCUT2D eigenvalue weighted by Gasteiger charge is 2.28. The summed E-state index contributed by atoms with van der Waals surface area (Å²) in [6.07, 6.45) is 5.05. The minimum atomic E-state index is -0.0764. The van der Waals surface area contributed by atoms with Crippen molar-refractivity contribution < 1.29 is 4.42 Å². The number of hydrogen-bond acceptors (Lipinski definition) is 3. The van der Waals surface area contributed by atoms with Crippen molar-refractivity contribution in [1.82, 2.24) is 9.47 Å². The Balaban J connectivity index is 1.16. The molecule has 300 valence electrons. The van der Waals surface area contributed by atoms with Gasteiger partial charge in [0.25, 0.3) is 0 Å². The van der Waals surface area contributed by atoms with E-state index in [9.17, 15) is 5.41 Å². The molecule has 1 unspecified atom stereocenters. The van der Waals surface area contributed by atoms with Crippen LogP contribution in [0.25, 0.3) is 81.7 Å². The third-order valence-corrected chi connectivity index (χ3v) is 13.7. The molecule has 2 aromatic heterocycles. The van der Waals surface area contributed by atoms with Crippen LogP contribution in [0.2, 0.25) is 0 Å². The molecule has 0 spiro atoms. The van der Waals surface area contributed by atoms with Crippen LogP contribution < -0.4 is 0 Å². The van der Waals surface area contributed by atoms with Crippen LogP contribution in [0.4, 0.5) is 0 Å². The molecule has 9 aromatic carbocycles. The van der Waals surface area contributed by atoms with Gasteiger partial charge in [-0.2, -0.15) is 0 Å². The SMILES string of the molecule is C=C1/C=C\CC(N(C)/C(=N\C(=N)c2ccccc2)c2cccc3oc4c5ccccc5c(-n5c6cc7ccccc7cc6c6c7ccccc7ccc65)cc4c23)c2ccccc2S1. The van der Waals surface area contributed by atoms with Gasteiger partial charge in [0.2, 0.25) is 0 Å². The van der Waals surface area contributed by atoms with Crippen LogP contribution in [0.3, 0.4) is 0 Å². The highest BCUT2D eigenvalue weighted by atomic mass is 32.2. The highest BCUT2D eigenvalue weighted by Crippen LogP contribution is 2.45. The van der Waals surface area contributed by atoms with Gasteiger partial charge < -0.3 is 13.9 Å².